The van der Waals surface area contributed by atoms with Crippen LogP contribution in [-0.2, 0) is 0 Å². The molecule has 4 nitrogen and oxygen atoms in total. The van der Waals surface area contributed by atoms with E-state index in [9.17, 15) is 0 Å². The molecule has 4 unspecified atom stereocenters. The maximum absolute atomic E-state index is 6.86. The molecule has 0 fully saturated rings. The van der Waals surface area contributed by atoms with E-state index < -0.39 is 0 Å². The van der Waals surface area contributed by atoms with E-state index in [1.54, 1.807) is 0 Å². The summed E-state index contributed by atoms with van der Waals surface area (Å²) in [5.74, 6) is 5.46. The SMILES string of the molecule is CCCCC(CC)COc1ccc(-c2cc(-c3ccc(I)s3)c(-c3ccc(OCC(CC)CCCC)c(OCC(CC)CCCC)c3)cc2-c2ccc(I)s2)cc1OCC(CC)CCCC. The van der Waals surface area contributed by atoms with Gasteiger partial charge in [0.1, 0.15) is 0 Å². The molecule has 0 spiro atoms. The van der Waals surface area contributed by atoms with Crippen molar-refractivity contribution in [2.24, 2.45) is 23.7 Å². The quantitative estimate of drug-likeness (QED) is 0.0402. The van der Waals surface area contributed by atoms with Gasteiger partial charge in [-0.2, -0.15) is 0 Å². The number of thiophene rings is 2. The highest BCUT2D eigenvalue weighted by Crippen LogP contribution is 2.48. The van der Waals surface area contributed by atoms with Crippen molar-refractivity contribution in [2.75, 3.05) is 26.4 Å². The Hall–Kier alpha value is -2.28. The molecule has 5 rings (SSSR count). The van der Waals surface area contributed by atoms with Gasteiger partial charge in [-0.15, -0.1) is 22.7 Å². The molecule has 362 valence electrons. The second-order valence-electron chi connectivity index (χ2n) is 18.4. The monoisotopic (exact) mass is 1160 g/mol. The molecule has 3 aromatic carbocycles. The predicted molar refractivity (Wildman–Crippen MR) is 305 cm³/mol. The summed E-state index contributed by atoms with van der Waals surface area (Å²) in [4.78, 5) is 2.49. The lowest BCUT2D eigenvalue weighted by atomic mass is 9.89. The van der Waals surface area contributed by atoms with Gasteiger partial charge < -0.3 is 18.9 Å². The largest absolute Gasteiger partial charge is 0.489 e. The minimum Gasteiger partial charge on any atom is -0.489 e. The van der Waals surface area contributed by atoms with Gasteiger partial charge in [-0.1, -0.05) is 145 Å². The predicted octanol–water partition coefficient (Wildman–Crippen LogP) is 20.1. The van der Waals surface area contributed by atoms with E-state index in [-0.39, 0.29) is 0 Å². The van der Waals surface area contributed by atoms with Crippen LogP contribution in [0.5, 0.6) is 23.0 Å². The number of hydrogen-bond acceptors (Lipinski definition) is 6. The Bertz CT molecular complexity index is 2010. The van der Waals surface area contributed by atoms with Crippen LogP contribution in [0.2, 0.25) is 0 Å². The lowest BCUT2D eigenvalue weighted by molar-refractivity contribution is 0.199. The molecule has 2 aromatic heterocycles. The molecule has 66 heavy (non-hydrogen) atoms. The molecular weight excluding hydrogens is 1080 g/mol. The number of ether oxygens (including phenoxy) is 4. The summed E-state index contributed by atoms with van der Waals surface area (Å²) in [6.45, 7) is 21.1. The summed E-state index contributed by atoms with van der Waals surface area (Å²) < 4.78 is 29.7. The van der Waals surface area contributed by atoms with E-state index in [1.165, 1.54) is 115 Å². The van der Waals surface area contributed by atoms with Crippen molar-refractivity contribution in [3.05, 3.63) is 78.6 Å². The second kappa shape index (κ2) is 29.7. The fourth-order valence-electron chi connectivity index (χ4n) is 8.64. The molecule has 0 N–H and O–H groups in total. The Morgan fingerprint density at radius 2 is 0.697 bits per heavy atom. The standard InChI is InChI=1S/C58H80I2O4S2/c1-9-17-21-41(13-5)37-61-51-27-25-45(33-53(51)63-39-43(15-7)23-19-11-3)47-35-50(56-30-32-58(60)66-56)48(36-49(47)55-29-31-57(59)65-55)46-26-28-52(62-38-42(14-6)22-18-10-2)54(34-46)64-40-44(16-8)24-20-12-4/h25-36,41-44H,9-24,37-40H2,1-8H3. The lowest BCUT2D eigenvalue weighted by Crippen LogP contribution is -2.14. The zero-order chi connectivity index (χ0) is 47.3. The zero-order valence-corrected chi connectivity index (χ0v) is 47.5. The van der Waals surface area contributed by atoms with Gasteiger partial charge in [0.2, 0.25) is 0 Å². The molecule has 0 bridgehead atoms. The normalized spacial score (nSPS) is 13.4. The van der Waals surface area contributed by atoms with Gasteiger partial charge in [-0.3, -0.25) is 0 Å². The van der Waals surface area contributed by atoms with E-state index in [0.29, 0.717) is 50.1 Å². The fourth-order valence-corrected chi connectivity index (χ4v) is 11.9. The molecule has 0 radical (unpaired) electrons. The second-order valence-corrected chi connectivity index (χ2v) is 24.3. The molecular formula is C58H80I2O4S2. The molecule has 0 aliphatic rings. The maximum atomic E-state index is 6.86. The Morgan fingerprint density at radius 1 is 0.379 bits per heavy atom. The minimum absolute atomic E-state index is 0.509. The average Bonchev–Trinajstić information content (AvgIpc) is 3.99. The van der Waals surface area contributed by atoms with Crippen LogP contribution in [0.25, 0.3) is 43.1 Å². The summed E-state index contributed by atoms with van der Waals surface area (Å²) in [5.41, 5.74) is 7.07. The van der Waals surface area contributed by atoms with E-state index >= 15 is 0 Å². The van der Waals surface area contributed by atoms with Crippen molar-refractivity contribution in [3.8, 4) is 66.1 Å². The van der Waals surface area contributed by atoms with Crippen LogP contribution in [-0.4, -0.2) is 26.4 Å². The smallest absolute Gasteiger partial charge is 0.161 e. The van der Waals surface area contributed by atoms with E-state index in [2.05, 4.69) is 173 Å². The first-order chi connectivity index (χ1) is 32.2. The Labute approximate surface area is 436 Å². The van der Waals surface area contributed by atoms with Gasteiger partial charge >= 0.3 is 0 Å². The topological polar surface area (TPSA) is 36.9 Å². The van der Waals surface area contributed by atoms with Gasteiger partial charge in [0.05, 0.1) is 32.2 Å². The van der Waals surface area contributed by atoms with Gasteiger partial charge in [-0.05, 0) is 177 Å². The number of benzene rings is 3. The maximum Gasteiger partial charge on any atom is 0.161 e. The number of halogens is 2. The van der Waals surface area contributed by atoms with Crippen molar-refractivity contribution in [3.63, 3.8) is 0 Å². The molecule has 0 aliphatic heterocycles. The van der Waals surface area contributed by atoms with Crippen molar-refractivity contribution in [1.29, 1.82) is 0 Å². The van der Waals surface area contributed by atoms with Gasteiger partial charge in [0.15, 0.2) is 23.0 Å². The third-order valence-electron chi connectivity index (χ3n) is 13.4. The molecule has 4 atom stereocenters. The van der Waals surface area contributed by atoms with Crippen LogP contribution in [0, 0.1) is 29.4 Å². The minimum atomic E-state index is 0.509. The summed E-state index contributed by atoms with van der Waals surface area (Å²) in [5, 5.41) is 0. The molecule has 0 aliphatic carbocycles. The highest BCUT2D eigenvalue weighted by atomic mass is 127. The van der Waals surface area contributed by atoms with E-state index in [4.69, 9.17) is 18.9 Å². The highest BCUT2D eigenvalue weighted by Gasteiger charge is 2.22. The zero-order valence-electron chi connectivity index (χ0n) is 41.6. The third-order valence-corrected chi connectivity index (χ3v) is 17.3. The molecule has 0 saturated heterocycles. The summed E-state index contributed by atoms with van der Waals surface area (Å²) in [7, 11) is 0. The van der Waals surface area contributed by atoms with E-state index in [0.717, 1.165) is 59.8 Å². The molecule has 0 saturated carbocycles. The first-order valence-electron chi connectivity index (χ1n) is 25.7. The number of hydrogen-bond donors (Lipinski definition) is 0. The van der Waals surface area contributed by atoms with Crippen LogP contribution < -0.4 is 18.9 Å². The lowest BCUT2D eigenvalue weighted by Gasteiger charge is -2.22. The summed E-state index contributed by atoms with van der Waals surface area (Å²) in [6.07, 6.45) is 18.9. The average molecular weight is 1160 g/mol. The van der Waals surface area contributed by atoms with Crippen molar-refractivity contribution in [2.45, 2.75) is 158 Å². The molecule has 8 heteroatoms. The third kappa shape index (κ3) is 16.4. The van der Waals surface area contributed by atoms with E-state index in [1.807, 2.05) is 22.7 Å². The summed E-state index contributed by atoms with van der Waals surface area (Å²) >= 11 is 8.62. The van der Waals surface area contributed by atoms with Crippen molar-refractivity contribution >= 4 is 67.9 Å². The Balaban J connectivity index is 1.67. The van der Waals surface area contributed by atoms with Gasteiger partial charge in [0.25, 0.3) is 0 Å². The van der Waals surface area contributed by atoms with Crippen LogP contribution in [0.4, 0.5) is 0 Å². The van der Waals surface area contributed by atoms with Crippen LogP contribution in [0.1, 0.15) is 158 Å². The van der Waals surface area contributed by atoms with Crippen molar-refractivity contribution < 1.29 is 18.9 Å². The summed E-state index contributed by atoms with van der Waals surface area (Å²) in [6, 6.07) is 27.3. The van der Waals surface area contributed by atoms with Crippen LogP contribution >= 0.6 is 67.9 Å². The van der Waals surface area contributed by atoms with Crippen LogP contribution in [0.15, 0.2) is 72.8 Å². The van der Waals surface area contributed by atoms with Gasteiger partial charge in [-0.25, -0.2) is 0 Å². The molecule has 5 aromatic rings. The van der Waals surface area contributed by atoms with Crippen molar-refractivity contribution in [1.82, 2.24) is 0 Å². The Kier molecular flexibility index (Phi) is 24.6. The van der Waals surface area contributed by atoms with Crippen LogP contribution in [0.3, 0.4) is 0 Å². The Morgan fingerprint density at radius 3 is 0.970 bits per heavy atom. The first kappa shape index (κ1) is 54.7. The first-order valence-corrected chi connectivity index (χ1v) is 29.5. The highest BCUT2D eigenvalue weighted by molar-refractivity contribution is 14.1. The number of rotatable bonds is 32. The number of unbranched alkanes of at least 4 members (excludes halogenated alkanes) is 4. The van der Waals surface area contributed by atoms with Gasteiger partial charge in [0, 0.05) is 20.9 Å². The molecule has 0 amide bonds. The molecule has 2 heterocycles. The fraction of sp³-hybridized carbons (Fsp3) is 0.552.